The number of benzene rings is 3. The van der Waals surface area contributed by atoms with Gasteiger partial charge in [0.15, 0.2) is 0 Å². The first kappa shape index (κ1) is 22.2. The van der Waals surface area contributed by atoms with Gasteiger partial charge in [0.05, 0.1) is 6.42 Å². The lowest BCUT2D eigenvalue weighted by atomic mass is 9.87. The van der Waals surface area contributed by atoms with Gasteiger partial charge in [0.2, 0.25) is 5.91 Å². The van der Waals surface area contributed by atoms with E-state index in [0.717, 1.165) is 49.9 Å². The van der Waals surface area contributed by atoms with Crippen LogP contribution in [0.15, 0.2) is 66.7 Å². The Hall–Kier alpha value is -3.25. The molecule has 180 valence electrons. The number of piperazine rings is 1. The number of carbonyl (C=O) groups is 1. The normalized spacial score (nSPS) is 23.4. The van der Waals surface area contributed by atoms with Crippen LogP contribution in [-0.4, -0.2) is 46.9 Å². The molecule has 3 aromatic carbocycles. The fourth-order valence-corrected chi connectivity index (χ4v) is 6.03. The van der Waals surface area contributed by atoms with E-state index in [9.17, 15) is 13.6 Å². The van der Waals surface area contributed by atoms with Gasteiger partial charge in [-0.25, -0.2) is 8.78 Å². The van der Waals surface area contributed by atoms with Crippen molar-refractivity contribution < 1.29 is 18.3 Å². The van der Waals surface area contributed by atoms with Crippen LogP contribution in [0.25, 0.3) is 0 Å². The number of hydrogen-bond donors (Lipinski definition) is 0. The number of fused-ring (bicyclic) bond motifs is 3. The van der Waals surface area contributed by atoms with E-state index in [-0.39, 0.29) is 23.6 Å². The molecule has 2 bridgehead atoms. The highest BCUT2D eigenvalue weighted by Crippen LogP contribution is 2.36. The Kier molecular flexibility index (Phi) is 5.77. The summed E-state index contributed by atoms with van der Waals surface area (Å²) < 4.78 is 32.3. The summed E-state index contributed by atoms with van der Waals surface area (Å²) in [6.45, 7) is 1.73. The quantitative estimate of drug-likeness (QED) is 0.513. The number of nitrogens with zero attached hydrogens (tertiary/aromatic N) is 2. The van der Waals surface area contributed by atoms with Gasteiger partial charge in [-0.2, -0.15) is 0 Å². The summed E-state index contributed by atoms with van der Waals surface area (Å²) in [5.41, 5.74) is 3.37. The summed E-state index contributed by atoms with van der Waals surface area (Å²) in [6, 6.07) is 19.8. The third-order valence-electron chi connectivity index (χ3n) is 7.77. The Morgan fingerprint density at radius 2 is 1.54 bits per heavy atom. The third-order valence-corrected chi connectivity index (χ3v) is 7.77. The molecule has 0 aromatic heterocycles. The number of aryl methyl sites for hydroxylation is 1. The molecule has 3 unspecified atom stereocenters. The number of amides is 1. The number of ether oxygens (including phenoxy) is 1. The molecule has 4 nitrogen and oxygen atoms in total. The van der Waals surface area contributed by atoms with Crippen LogP contribution in [0.2, 0.25) is 0 Å². The molecule has 1 aliphatic carbocycles. The van der Waals surface area contributed by atoms with Crippen molar-refractivity contribution in [3.8, 4) is 11.5 Å². The smallest absolute Gasteiger partial charge is 0.227 e. The predicted molar refractivity (Wildman–Crippen MR) is 129 cm³/mol. The Morgan fingerprint density at radius 1 is 0.829 bits per heavy atom. The molecule has 35 heavy (non-hydrogen) atoms. The lowest BCUT2D eigenvalue weighted by Crippen LogP contribution is -2.53. The number of halogens is 2. The third kappa shape index (κ3) is 4.55. The lowest BCUT2D eigenvalue weighted by Gasteiger charge is -2.41. The molecule has 1 amide bonds. The Labute approximate surface area is 204 Å². The van der Waals surface area contributed by atoms with Crippen molar-refractivity contribution in [3.05, 3.63) is 95.1 Å². The SMILES string of the molecule is O=C(Cc1ccc(Oc2ccc(F)cc2)cc1)N1CC2CC1CN2C1CCc2cc(F)ccc2C1. The largest absolute Gasteiger partial charge is 0.457 e. The van der Waals surface area contributed by atoms with Gasteiger partial charge >= 0.3 is 0 Å². The molecule has 2 fully saturated rings. The van der Waals surface area contributed by atoms with Gasteiger partial charge in [0.25, 0.3) is 0 Å². The summed E-state index contributed by atoms with van der Waals surface area (Å²) in [6.07, 6.45) is 4.37. The monoisotopic (exact) mass is 474 g/mol. The first-order chi connectivity index (χ1) is 17.0. The molecule has 0 spiro atoms. The zero-order valence-electron chi connectivity index (χ0n) is 19.5. The summed E-state index contributed by atoms with van der Waals surface area (Å²) in [7, 11) is 0. The molecule has 6 rings (SSSR count). The molecule has 6 heteroatoms. The van der Waals surface area contributed by atoms with Gasteiger partial charge in [-0.1, -0.05) is 18.2 Å². The maximum Gasteiger partial charge on any atom is 0.227 e. The van der Waals surface area contributed by atoms with Crippen LogP contribution in [0.5, 0.6) is 11.5 Å². The van der Waals surface area contributed by atoms with Gasteiger partial charge in [-0.15, -0.1) is 0 Å². The maximum atomic E-state index is 13.5. The first-order valence-electron chi connectivity index (χ1n) is 12.4. The number of rotatable bonds is 5. The maximum absolute atomic E-state index is 13.5. The standard InChI is InChI=1S/C29H28F2N2O2/c30-22-6-11-28(12-7-22)35-27-9-1-19(2-10-27)13-29(34)33-18-25-16-26(33)17-32(25)24-8-4-20-14-23(31)5-3-21(20)15-24/h1-3,5-7,9-12,14,24-26H,4,8,13,15-18H2. The molecular formula is C29H28F2N2O2. The molecule has 2 aliphatic heterocycles. The molecule has 2 saturated heterocycles. The summed E-state index contributed by atoms with van der Waals surface area (Å²) in [5, 5.41) is 0. The fraction of sp³-hybridized carbons (Fsp3) is 0.345. The van der Waals surface area contributed by atoms with E-state index >= 15 is 0 Å². The van der Waals surface area contributed by atoms with Crippen LogP contribution in [0.3, 0.4) is 0 Å². The van der Waals surface area contributed by atoms with Crippen LogP contribution < -0.4 is 4.74 Å². The zero-order chi connectivity index (χ0) is 23.9. The number of hydrogen-bond acceptors (Lipinski definition) is 3. The van der Waals surface area contributed by atoms with Crippen molar-refractivity contribution in [2.24, 2.45) is 0 Å². The minimum Gasteiger partial charge on any atom is -0.457 e. The highest BCUT2D eigenvalue weighted by atomic mass is 19.1. The van der Waals surface area contributed by atoms with E-state index in [0.29, 0.717) is 30.0 Å². The minimum absolute atomic E-state index is 0.147. The predicted octanol–water partition coefficient (Wildman–Crippen LogP) is 5.14. The molecule has 0 N–H and O–H groups in total. The average Bonchev–Trinajstić information content (AvgIpc) is 3.48. The molecule has 0 radical (unpaired) electrons. The van der Waals surface area contributed by atoms with E-state index in [1.165, 1.54) is 17.7 Å². The van der Waals surface area contributed by atoms with Crippen molar-refractivity contribution in [2.75, 3.05) is 13.1 Å². The van der Waals surface area contributed by atoms with E-state index < -0.39 is 0 Å². The van der Waals surface area contributed by atoms with Gasteiger partial charge in [-0.3, -0.25) is 9.69 Å². The first-order valence-corrected chi connectivity index (χ1v) is 12.4. The molecule has 3 aliphatic rings. The molecule has 3 aromatic rings. The zero-order valence-corrected chi connectivity index (χ0v) is 19.5. The Balaban J connectivity index is 1.04. The van der Waals surface area contributed by atoms with E-state index in [4.69, 9.17) is 4.74 Å². The van der Waals surface area contributed by atoms with E-state index in [1.807, 2.05) is 30.3 Å². The second-order valence-corrected chi connectivity index (χ2v) is 9.97. The van der Waals surface area contributed by atoms with Gasteiger partial charge < -0.3 is 9.64 Å². The second kappa shape index (κ2) is 9.08. The fourth-order valence-electron chi connectivity index (χ4n) is 6.03. The van der Waals surface area contributed by atoms with Crippen LogP contribution in [0, 0.1) is 11.6 Å². The van der Waals surface area contributed by atoms with Crippen molar-refractivity contribution in [3.63, 3.8) is 0 Å². The Morgan fingerprint density at radius 3 is 2.26 bits per heavy atom. The van der Waals surface area contributed by atoms with E-state index in [2.05, 4.69) is 9.80 Å². The van der Waals surface area contributed by atoms with Crippen LogP contribution in [0.1, 0.15) is 29.5 Å². The summed E-state index contributed by atoms with van der Waals surface area (Å²) in [5.74, 6) is 0.952. The Bertz CT molecular complexity index is 1230. The summed E-state index contributed by atoms with van der Waals surface area (Å²) >= 11 is 0. The van der Waals surface area contributed by atoms with Crippen LogP contribution in [0.4, 0.5) is 8.78 Å². The van der Waals surface area contributed by atoms with Gasteiger partial charge in [0.1, 0.15) is 23.1 Å². The molecule has 2 heterocycles. The second-order valence-electron chi connectivity index (χ2n) is 9.97. The molecular weight excluding hydrogens is 446 g/mol. The van der Waals surface area contributed by atoms with Crippen molar-refractivity contribution in [1.82, 2.24) is 9.80 Å². The molecule has 3 atom stereocenters. The number of carbonyl (C=O) groups excluding carboxylic acids is 1. The van der Waals surface area contributed by atoms with E-state index in [1.54, 1.807) is 24.3 Å². The lowest BCUT2D eigenvalue weighted by molar-refractivity contribution is -0.133. The highest BCUT2D eigenvalue weighted by Gasteiger charge is 2.47. The average molecular weight is 475 g/mol. The van der Waals surface area contributed by atoms with Crippen molar-refractivity contribution >= 4 is 5.91 Å². The minimum atomic E-state index is -0.300. The van der Waals surface area contributed by atoms with Crippen LogP contribution in [-0.2, 0) is 24.1 Å². The van der Waals surface area contributed by atoms with Gasteiger partial charge in [0, 0.05) is 31.2 Å². The molecule has 0 saturated carbocycles. The van der Waals surface area contributed by atoms with Crippen LogP contribution >= 0.6 is 0 Å². The topological polar surface area (TPSA) is 32.8 Å². The van der Waals surface area contributed by atoms with Crippen molar-refractivity contribution in [1.29, 1.82) is 0 Å². The summed E-state index contributed by atoms with van der Waals surface area (Å²) in [4.78, 5) is 17.8. The van der Waals surface area contributed by atoms with Crippen molar-refractivity contribution in [2.45, 2.75) is 50.2 Å². The number of likely N-dealkylation sites (tertiary alicyclic amines) is 2. The highest BCUT2D eigenvalue weighted by molar-refractivity contribution is 5.79. The van der Waals surface area contributed by atoms with Gasteiger partial charge in [-0.05, 0) is 90.9 Å².